The minimum atomic E-state index is -0.535. The van der Waals surface area contributed by atoms with Crippen LogP contribution in [0.25, 0.3) is 22.6 Å². The largest absolute Gasteiger partial charge is 0.493 e. The van der Waals surface area contributed by atoms with Gasteiger partial charge < -0.3 is 24.3 Å². The normalized spacial score (nSPS) is 13.5. The van der Waals surface area contributed by atoms with Crippen LogP contribution in [0.5, 0.6) is 17.2 Å². The molecule has 0 fully saturated rings. The Morgan fingerprint density at radius 3 is 2.38 bits per heavy atom. The van der Waals surface area contributed by atoms with Gasteiger partial charge in [0.05, 0.1) is 38.1 Å². The van der Waals surface area contributed by atoms with Crippen molar-refractivity contribution in [2.75, 3.05) is 35.0 Å². The molecule has 176 valence electrons. The number of likely N-dealkylation sites (N-methyl/N-ethyl adjacent to an activating group) is 1. The Labute approximate surface area is 197 Å². The number of fused-ring (bicyclic) bond motifs is 2. The van der Waals surface area contributed by atoms with Crippen molar-refractivity contribution in [1.82, 2.24) is 10.3 Å². The predicted molar refractivity (Wildman–Crippen MR) is 128 cm³/mol. The number of para-hydroxylation sites is 1. The summed E-state index contributed by atoms with van der Waals surface area (Å²) in [7, 11) is 6.20. The van der Waals surface area contributed by atoms with E-state index >= 15 is 0 Å². The van der Waals surface area contributed by atoms with E-state index in [1.54, 1.807) is 21.3 Å². The fraction of sp³-hybridized carbons (Fsp3) is 0.269. The molecule has 0 bridgehead atoms. The fourth-order valence-corrected chi connectivity index (χ4v) is 4.17. The molecule has 1 aromatic heterocycles. The summed E-state index contributed by atoms with van der Waals surface area (Å²) in [6.45, 7) is -0.338. The standard InChI is InChI=1S/C26H26N2O6/c1-27-22(29)14-34-26(30)23-17-7-5-6-8-19(17)28-24-16(9-10-18(23)24)11-15-12-20(31-2)25(33-4)21(13-15)32-3/h5-8,11-13H,9-10,14H2,1-4H3,(H,27,29)/b16-11+. The van der Waals surface area contributed by atoms with Gasteiger partial charge in [-0.15, -0.1) is 0 Å². The van der Waals surface area contributed by atoms with Crippen LogP contribution in [0, 0.1) is 0 Å². The highest BCUT2D eigenvalue weighted by atomic mass is 16.5. The SMILES string of the molecule is CNC(=O)COC(=O)c1c2c(nc3ccccc13)/C(=C/c1cc(OC)c(OC)c(OC)c1)CC2. The number of aromatic nitrogens is 1. The van der Waals surface area contributed by atoms with Gasteiger partial charge >= 0.3 is 5.97 Å². The van der Waals surface area contributed by atoms with Crippen molar-refractivity contribution in [3.05, 3.63) is 58.8 Å². The van der Waals surface area contributed by atoms with Crippen molar-refractivity contribution in [3.63, 3.8) is 0 Å². The van der Waals surface area contributed by atoms with E-state index in [0.29, 0.717) is 46.6 Å². The molecule has 0 aliphatic heterocycles. The van der Waals surface area contributed by atoms with E-state index in [9.17, 15) is 9.59 Å². The minimum absolute atomic E-state index is 0.338. The number of rotatable bonds is 7. The van der Waals surface area contributed by atoms with Crippen molar-refractivity contribution >= 4 is 34.4 Å². The number of ether oxygens (including phenoxy) is 4. The number of pyridine rings is 1. The van der Waals surface area contributed by atoms with Crippen LogP contribution in [-0.2, 0) is 16.0 Å². The van der Waals surface area contributed by atoms with E-state index in [4.69, 9.17) is 23.9 Å². The zero-order valence-corrected chi connectivity index (χ0v) is 19.6. The van der Waals surface area contributed by atoms with Gasteiger partial charge in [0.2, 0.25) is 5.75 Å². The number of carbonyl (C=O) groups is 2. The molecule has 34 heavy (non-hydrogen) atoms. The minimum Gasteiger partial charge on any atom is -0.493 e. The number of amides is 1. The smallest absolute Gasteiger partial charge is 0.339 e. The average molecular weight is 463 g/mol. The second-order valence-corrected chi connectivity index (χ2v) is 7.71. The van der Waals surface area contributed by atoms with Crippen LogP contribution >= 0.6 is 0 Å². The van der Waals surface area contributed by atoms with Crippen LogP contribution in [0.2, 0.25) is 0 Å². The molecule has 0 saturated heterocycles. The molecule has 1 heterocycles. The average Bonchev–Trinajstić information content (AvgIpc) is 3.26. The van der Waals surface area contributed by atoms with Gasteiger partial charge in [0.25, 0.3) is 5.91 Å². The van der Waals surface area contributed by atoms with E-state index in [1.807, 2.05) is 42.5 Å². The lowest BCUT2D eigenvalue weighted by Crippen LogP contribution is -2.25. The van der Waals surface area contributed by atoms with Crippen LogP contribution < -0.4 is 19.5 Å². The van der Waals surface area contributed by atoms with Gasteiger partial charge in [-0.3, -0.25) is 4.79 Å². The summed E-state index contributed by atoms with van der Waals surface area (Å²) in [5.41, 5.74) is 4.55. The van der Waals surface area contributed by atoms with Gasteiger partial charge in [0.15, 0.2) is 18.1 Å². The van der Waals surface area contributed by atoms with E-state index in [1.165, 1.54) is 7.05 Å². The monoisotopic (exact) mass is 462 g/mol. The Balaban J connectivity index is 1.81. The highest BCUT2D eigenvalue weighted by molar-refractivity contribution is 6.07. The number of nitrogens with one attached hydrogen (secondary N) is 1. The van der Waals surface area contributed by atoms with Gasteiger partial charge in [-0.1, -0.05) is 18.2 Å². The number of methoxy groups -OCH3 is 3. The molecule has 8 nitrogen and oxygen atoms in total. The first-order valence-corrected chi connectivity index (χ1v) is 10.8. The molecule has 1 aliphatic carbocycles. The maximum atomic E-state index is 13.0. The second-order valence-electron chi connectivity index (χ2n) is 7.71. The van der Waals surface area contributed by atoms with Crippen LogP contribution in [0.1, 0.15) is 33.6 Å². The topological polar surface area (TPSA) is 96.0 Å². The molecule has 0 spiro atoms. The Morgan fingerprint density at radius 1 is 1.03 bits per heavy atom. The lowest BCUT2D eigenvalue weighted by atomic mass is 10.0. The first-order valence-electron chi connectivity index (χ1n) is 10.8. The van der Waals surface area contributed by atoms with Crippen molar-refractivity contribution in [2.24, 2.45) is 0 Å². The van der Waals surface area contributed by atoms with Crippen molar-refractivity contribution in [3.8, 4) is 17.2 Å². The quantitative estimate of drug-likeness (QED) is 0.536. The van der Waals surface area contributed by atoms with Gasteiger partial charge in [0.1, 0.15) is 0 Å². The van der Waals surface area contributed by atoms with Crippen LogP contribution in [0.15, 0.2) is 36.4 Å². The Morgan fingerprint density at radius 2 is 1.74 bits per heavy atom. The summed E-state index contributed by atoms with van der Waals surface area (Å²) < 4.78 is 21.7. The zero-order chi connectivity index (χ0) is 24.2. The molecule has 1 N–H and O–H groups in total. The first kappa shape index (κ1) is 23.1. The Kier molecular flexibility index (Phi) is 6.67. The number of allylic oxidation sites excluding steroid dienone is 1. The van der Waals surface area contributed by atoms with E-state index in [0.717, 1.165) is 22.4 Å². The summed E-state index contributed by atoms with van der Waals surface area (Å²) in [4.78, 5) is 29.5. The number of carbonyl (C=O) groups excluding carboxylic acids is 2. The summed E-state index contributed by atoms with van der Waals surface area (Å²) in [5, 5.41) is 3.16. The number of benzene rings is 2. The Bertz CT molecular complexity index is 1270. The van der Waals surface area contributed by atoms with E-state index in [-0.39, 0.29) is 12.5 Å². The second kappa shape index (κ2) is 9.82. The summed E-state index contributed by atoms with van der Waals surface area (Å²) >= 11 is 0. The molecule has 4 rings (SSSR count). The predicted octanol–water partition coefficient (Wildman–Crippen LogP) is 3.65. The van der Waals surface area contributed by atoms with Gasteiger partial charge in [-0.2, -0.15) is 0 Å². The van der Waals surface area contributed by atoms with Crippen LogP contribution in [-0.4, -0.2) is 51.8 Å². The van der Waals surface area contributed by atoms with Crippen LogP contribution in [0.4, 0.5) is 0 Å². The third-order valence-corrected chi connectivity index (χ3v) is 5.79. The fourth-order valence-electron chi connectivity index (χ4n) is 4.17. The maximum absolute atomic E-state index is 13.0. The summed E-state index contributed by atoms with van der Waals surface area (Å²) in [5.74, 6) is 0.719. The first-order chi connectivity index (χ1) is 16.5. The summed E-state index contributed by atoms with van der Waals surface area (Å²) in [6.07, 6.45) is 3.34. The lowest BCUT2D eigenvalue weighted by molar-refractivity contribution is -0.123. The zero-order valence-electron chi connectivity index (χ0n) is 19.6. The Hall–Kier alpha value is -4.07. The highest BCUT2D eigenvalue weighted by Gasteiger charge is 2.28. The summed E-state index contributed by atoms with van der Waals surface area (Å²) in [6, 6.07) is 11.2. The van der Waals surface area contributed by atoms with Gasteiger partial charge in [0, 0.05) is 12.4 Å². The van der Waals surface area contributed by atoms with Crippen LogP contribution in [0.3, 0.4) is 0 Å². The molecule has 8 heteroatoms. The molecule has 1 aliphatic rings. The molecular formula is C26H26N2O6. The highest BCUT2D eigenvalue weighted by Crippen LogP contribution is 2.41. The number of hydrogen-bond acceptors (Lipinski definition) is 7. The lowest BCUT2D eigenvalue weighted by Gasteiger charge is -2.14. The molecule has 0 atom stereocenters. The van der Waals surface area contributed by atoms with Crippen molar-refractivity contribution in [2.45, 2.75) is 12.8 Å². The third-order valence-electron chi connectivity index (χ3n) is 5.79. The molecule has 2 aromatic carbocycles. The molecule has 0 unspecified atom stereocenters. The molecule has 1 amide bonds. The number of hydrogen-bond donors (Lipinski definition) is 1. The molecule has 0 saturated carbocycles. The van der Waals surface area contributed by atoms with Gasteiger partial charge in [-0.05, 0) is 53.8 Å². The van der Waals surface area contributed by atoms with Crippen molar-refractivity contribution < 1.29 is 28.5 Å². The molecular weight excluding hydrogens is 436 g/mol. The molecule has 0 radical (unpaired) electrons. The number of esters is 1. The number of nitrogens with zero attached hydrogens (tertiary/aromatic N) is 1. The maximum Gasteiger partial charge on any atom is 0.339 e. The van der Waals surface area contributed by atoms with E-state index in [2.05, 4.69) is 5.32 Å². The third kappa shape index (κ3) is 4.26. The van der Waals surface area contributed by atoms with Gasteiger partial charge in [-0.25, -0.2) is 9.78 Å². The molecule has 3 aromatic rings. The van der Waals surface area contributed by atoms with Crippen molar-refractivity contribution in [1.29, 1.82) is 0 Å². The van der Waals surface area contributed by atoms with E-state index < -0.39 is 5.97 Å².